The lowest BCUT2D eigenvalue weighted by molar-refractivity contribution is 0.106. The second-order valence-electron chi connectivity index (χ2n) is 11.3. The third kappa shape index (κ3) is 7.06. The van der Waals surface area contributed by atoms with Crippen LogP contribution in [0.15, 0.2) is 17.3 Å². The number of ether oxygens (including phenoxy) is 1. The highest BCUT2D eigenvalue weighted by Gasteiger charge is 2.45. The van der Waals surface area contributed by atoms with E-state index in [1.54, 1.807) is 0 Å². The molecule has 3 fully saturated rings. The van der Waals surface area contributed by atoms with Crippen molar-refractivity contribution in [1.82, 2.24) is 20.5 Å². The van der Waals surface area contributed by atoms with E-state index in [9.17, 15) is 8.78 Å². The summed E-state index contributed by atoms with van der Waals surface area (Å²) in [4.78, 5) is 11.7. The fourth-order valence-electron chi connectivity index (χ4n) is 6.53. The summed E-state index contributed by atoms with van der Waals surface area (Å²) in [6.07, 6.45) is 1.79. The van der Waals surface area contributed by atoms with E-state index in [4.69, 9.17) is 10.5 Å². The molecule has 0 aliphatic carbocycles. The van der Waals surface area contributed by atoms with Crippen LogP contribution >= 0.6 is 0 Å². The molecule has 1 unspecified atom stereocenters. The highest BCUT2D eigenvalue weighted by molar-refractivity contribution is 5.65. The van der Waals surface area contributed by atoms with E-state index in [0.717, 1.165) is 87.5 Å². The third-order valence-electron chi connectivity index (χ3n) is 8.71. The molecule has 1 aromatic heterocycles. The summed E-state index contributed by atoms with van der Waals surface area (Å²) in [6, 6.07) is 3.17. The first-order chi connectivity index (χ1) is 19.5. The van der Waals surface area contributed by atoms with Crippen molar-refractivity contribution >= 4 is 11.5 Å². The monoisotopic (exact) mass is 563 g/mol. The number of rotatable bonds is 4. The molecule has 40 heavy (non-hydrogen) atoms. The van der Waals surface area contributed by atoms with Gasteiger partial charge in [-0.25, -0.2) is 13.8 Å². The Morgan fingerprint density at radius 3 is 2.62 bits per heavy atom. The average molecular weight is 564 g/mol. The van der Waals surface area contributed by atoms with Gasteiger partial charge >= 0.3 is 0 Å². The number of nitrogens with zero attached hydrogens (tertiary/aromatic N) is 4. The zero-order valence-electron chi connectivity index (χ0n) is 25.0. The molecule has 10 heteroatoms. The average Bonchev–Trinajstić information content (AvgIpc) is 3.12. The van der Waals surface area contributed by atoms with Crippen LogP contribution in [-0.4, -0.2) is 93.6 Å². The Bertz CT molecular complexity index is 985. The van der Waals surface area contributed by atoms with Gasteiger partial charge in [0.05, 0.1) is 13.2 Å². The van der Waals surface area contributed by atoms with Gasteiger partial charge in [-0.15, -0.1) is 0 Å². The quantitative estimate of drug-likeness (QED) is 0.512. The Morgan fingerprint density at radius 2 is 1.90 bits per heavy atom. The normalized spacial score (nSPS) is 27.6. The van der Waals surface area contributed by atoms with Crippen LogP contribution in [0.5, 0.6) is 0 Å². The summed E-state index contributed by atoms with van der Waals surface area (Å²) in [5.41, 5.74) is 9.94. The van der Waals surface area contributed by atoms with Crippen LogP contribution in [-0.2, 0) is 11.2 Å². The second-order valence-corrected chi connectivity index (χ2v) is 11.3. The molecule has 226 valence electrons. The molecule has 0 saturated carbocycles. The van der Waals surface area contributed by atoms with E-state index in [1.807, 2.05) is 13.8 Å². The smallest absolute Gasteiger partial charge is 0.280 e. The van der Waals surface area contributed by atoms with Crippen molar-refractivity contribution in [2.75, 3.05) is 75.4 Å². The molecular weight excluding hydrogens is 512 g/mol. The van der Waals surface area contributed by atoms with Gasteiger partial charge < -0.3 is 30.9 Å². The Hall–Kier alpha value is -2.01. The Kier molecular flexibility index (Phi) is 11.4. The molecular formula is C30H51F2N7O. The van der Waals surface area contributed by atoms with Crippen LogP contribution in [0.2, 0.25) is 0 Å². The van der Waals surface area contributed by atoms with Crippen LogP contribution in [0.3, 0.4) is 0 Å². The van der Waals surface area contributed by atoms with Crippen molar-refractivity contribution in [3.05, 3.63) is 28.6 Å². The van der Waals surface area contributed by atoms with E-state index >= 15 is 0 Å². The Balaban J connectivity index is 0.00000181. The van der Waals surface area contributed by atoms with E-state index < -0.39 is 6.43 Å². The summed E-state index contributed by atoms with van der Waals surface area (Å²) in [5, 5.41) is 7.01. The van der Waals surface area contributed by atoms with E-state index in [-0.39, 0.29) is 11.7 Å². The molecule has 3 atom stereocenters. The molecule has 0 bridgehead atoms. The largest absolute Gasteiger partial charge is 0.384 e. The highest BCUT2D eigenvalue weighted by Crippen LogP contribution is 2.42. The van der Waals surface area contributed by atoms with Crippen molar-refractivity contribution in [1.29, 1.82) is 0 Å². The number of allylic oxidation sites excluding steroid dienone is 1. The molecule has 4 N–H and O–H groups in total. The van der Waals surface area contributed by atoms with Crippen LogP contribution in [0.1, 0.15) is 71.1 Å². The number of pyridine rings is 1. The molecule has 3 saturated heterocycles. The lowest BCUT2D eigenvalue weighted by Crippen LogP contribution is -2.69. The van der Waals surface area contributed by atoms with Gasteiger partial charge in [-0.3, -0.25) is 4.90 Å². The maximum absolute atomic E-state index is 14.4. The number of aromatic nitrogens is 1. The fraction of sp³-hybridized carbons (Fsp3) is 0.767. The number of piperazine rings is 1. The zero-order chi connectivity index (χ0) is 28.6. The summed E-state index contributed by atoms with van der Waals surface area (Å²) in [6.45, 7) is 16.2. The van der Waals surface area contributed by atoms with Crippen molar-refractivity contribution in [3.63, 3.8) is 0 Å². The molecule has 4 aliphatic heterocycles. The molecule has 0 radical (unpaired) electrons. The minimum absolute atomic E-state index is 0.0335. The van der Waals surface area contributed by atoms with Crippen LogP contribution in [0.25, 0.3) is 0 Å². The molecule has 1 aromatic rings. The predicted octanol–water partition coefficient (Wildman–Crippen LogP) is 3.67. The molecule has 0 amide bonds. The van der Waals surface area contributed by atoms with Crippen LogP contribution < -0.4 is 26.2 Å². The fourth-order valence-corrected chi connectivity index (χ4v) is 6.53. The van der Waals surface area contributed by atoms with Crippen LogP contribution in [0, 0.1) is 0 Å². The molecule has 4 aliphatic rings. The molecule has 0 spiro atoms. The van der Waals surface area contributed by atoms with E-state index in [1.165, 1.54) is 0 Å². The SMILES string of the molecule is C/C(CN)=C1\CCCN(c2cc3c(c(C(F)F)n2)CCCC2[C@H](N4CCNCC4)CN32)CCOC[C@H](C)N1.CC. The minimum Gasteiger partial charge on any atom is -0.384 e. The van der Waals surface area contributed by atoms with Crippen molar-refractivity contribution in [2.45, 2.75) is 84.4 Å². The molecule has 5 heterocycles. The summed E-state index contributed by atoms with van der Waals surface area (Å²) in [7, 11) is 0. The first-order valence-corrected chi connectivity index (χ1v) is 15.5. The lowest BCUT2D eigenvalue weighted by Gasteiger charge is -2.54. The number of alkyl halides is 2. The first-order valence-electron chi connectivity index (χ1n) is 15.5. The highest BCUT2D eigenvalue weighted by atomic mass is 19.3. The zero-order valence-corrected chi connectivity index (χ0v) is 25.0. The number of halogens is 2. The number of fused-ring (bicyclic) bond motifs is 3. The van der Waals surface area contributed by atoms with Gasteiger partial charge in [0.1, 0.15) is 11.5 Å². The van der Waals surface area contributed by atoms with Gasteiger partial charge in [0, 0.05) is 93.5 Å². The van der Waals surface area contributed by atoms with Crippen molar-refractivity contribution in [3.8, 4) is 0 Å². The van der Waals surface area contributed by atoms with Gasteiger partial charge in [-0.05, 0) is 51.5 Å². The topological polar surface area (TPSA) is 81.9 Å². The Labute approximate surface area is 239 Å². The summed E-state index contributed by atoms with van der Waals surface area (Å²) < 4.78 is 34.8. The van der Waals surface area contributed by atoms with Gasteiger partial charge in [-0.1, -0.05) is 13.8 Å². The van der Waals surface area contributed by atoms with Gasteiger partial charge in [0.15, 0.2) is 0 Å². The number of anilines is 2. The molecule has 5 rings (SSSR count). The number of hydrogen-bond acceptors (Lipinski definition) is 8. The maximum Gasteiger partial charge on any atom is 0.280 e. The summed E-state index contributed by atoms with van der Waals surface area (Å²) in [5.74, 6) is 0.648. The lowest BCUT2D eigenvalue weighted by atomic mass is 9.90. The minimum atomic E-state index is -2.59. The van der Waals surface area contributed by atoms with Gasteiger partial charge in [-0.2, -0.15) is 0 Å². The summed E-state index contributed by atoms with van der Waals surface area (Å²) >= 11 is 0. The number of nitrogens with one attached hydrogen (secondary N) is 2. The predicted molar refractivity (Wildman–Crippen MR) is 159 cm³/mol. The van der Waals surface area contributed by atoms with Crippen molar-refractivity contribution in [2.24, 2.45) is 5.73 Å². The van der Waals surface area contributed by atoms with Crippen molar-refractivity contribution < 1.29 is 13.5 Å². The maximum atomic E-state index is 14.4. The second kappa shape index (κ2) is 14.8. The van der Waals surface area contributed by atoms with Gasteiger partial charge in [0.2, 0.25) is 0 Å². The number of nitrogens with two attached hydrogens (primary N) is 1. The van der Waals surface area contributed by atoms with E-state index in [2.05, 4.69) is 50.2 Å². The third-order valence-corrected chi connectivity index (χ3v) is 8.71. The Morgan fingerprint density at radius 1 is 1.12 bits per heavy atom. The standard InChI is InChI=1S/C28H45F2N7O.C2H6/c1-19(16-31)22-6-4-10-36(13-14-38-18-20(2)33-22)26-15-24-21(27(34-26)28(29)30)5-3-7-23-25(17-37(23)24)35-11-8-32-9-12-35;1-2/h15,20,23,25,28,32-33H,3-14,16-18,31H2,1-2H3;1-2H3/b22-19-;/t20-,23?,25+;/m0./s1. The first kappa shape index (κ1) is 30.9. The number of hydrogen-bond donors (Lipinski definition) is 3. The van der Waals surface area contributed by atoms with Gasteiger partial charge in [0.25, 0.3) is 6.43 Å². The van der Waals surface area contributed by atoms with Crippen LogP contribution in [0.4, 0.5) is 20.3 Å². The molecule has 0 aromatic carbocycles. The molecule has 8 nitrogen and oxygen atoms in total. The van der Waals surface area contributed by atoms with E-state index in [0.29, 0.717) is 50.6 Å².